The fourth-order valence-electron chi connectivity index (χ4n) is 6.05. The molecule has 224 valence electrons. The van der Waals surface area contributed by atoms with E-state index < -0.39 is 65.8 Å². The molecule has 3 aliphatic heterocycles. The number of aliphatic hydroxyl groups is 3. The molecule has 5 N–H and O–H groups in total. The van der Waals surface area contributed by atoms with Gasteiger partial charge in [0.1, 0.15) is 49.3 Å². The van der Waals surface area contributed by atoms with Gasteiger partial charge in [-0.1, -0.05) is 24.3 Å². The quantitative estimate of drug-likeness (QED) is 0.107. The van der Waals surface area contributed by atoms with E-state index in [1.165, 1.54) is 18.2 Å². The summed E-state index contributed by atoms with van der Waals surface area (Å²) in [7, 11) is 0. The smallest absolute Gasteiger partial charge is 0.327 e. The molecule has 1 aromatic carbocycles. The minimum absolute atomic E-state index is 0.0578. The van der Waals surface area contributed by atoms with E-state index in [2.05, 4.69) is 10.6 Å². The van der Waals surface area contributed by atoms with E-state index in [-0.39, 0.29) is 46.1 Å². The molecule has 1 aromatic rings. The molecule has 1 saturated carbocycles. The molecule has 14 nitrogen and oxygen atoms in total. The number of benzene rings is 1. The summed E-state index contributed by atoms with van der Waals surface area (Å²) in [5, 5.41) is 34.9. The number of rotatable bonds is 12. The Hall–Kier alpha value is -3.11. The molecule has 0 aromatic heterocycles. The average Bonchev–Trinajstić information content (AvgIpc) is 3.58. The van der Waals surface area contributed by atoms with Crippen LogP contribution in [0.4, 0.5) is 0 Å². The van der Waals surface area contributed by atoms with Gasteiger partial charge in [0.25, 0.3) is 0 Å². The topological polar surface area (TPSA) is 185 Å². The number of carbonyl (C=O) groups excluding carboxylic acids is 3. The zero-order valence-corrected chi connectivity index (χ0v) is 22.5. The van der Waals surface area contributed by atoms with Gasteiger partial charge >= 0.3 is 5.97 Å². The third-order valence-corrected chi connectivity index (χ3v) is 7.89. The number of ether oxygens (including phenoxy) is 4. The maximum absolute atomic E-state index is 14.2. The highest BCUT2D eigenvalue weighted by Gasteiger charge is 2.74. The van der Waals surface area contributed by atoms with Crippen LogP contribution in [-0.2, 0) is 44.7 Å². The zero-order valence-electron chi connectivity index (χ0n) is 22.5. The lowest BCUT2D eigenvalue weighted by Gasteiger charge is -2.49. The number of carbonyl (C=O) groups is 3. The molecular formula is C27H35N3O11. The first-order chi connectivity index (χ1) is 19.8. The van der Waals surface area contributed by atoms with Crippen molar-refractivity contribution in [1.29, 1.82) is 0 Å². The average molecular weight is 578 g/mol. The lowest BCUT2D eigenvalue weighted by atomic mass is 9.62. The number of hydrogen-bond acceptors (Lipinski definition) is 12. The number of hydrogen-bond donors (Lipinski definition) is 5. The molecule has 14 heteroatoms. The molecular weight excluding hydrogens is 542 g/mol. The van der Waals surface area contributed by atoms with Crippen LogP contribution >= 0.6 is 0 Å². The number of hydroxylamine groups is 2. The lowest BCUT2D eigenvalue weighted by molar-refractivity contribution is -0.201. The van der Waals surface area contributed by atoms with E-state index in [0.29, 0.717) is 0 Å². The third kappa shape index (κ3) is 5.44. The van der Waals surface area contributed by atoms with Crippen molar-refractivity contribution >= 4 is 23.9 Å². The van der Waals surface area contributed by atoms with E-state index in [0.717, 1.165) is 11.1 Å². The minimum atomic E-state index is -1.52. The van der Waals surface area contributed by atoms with Crippen LogP contribution in [0.2, 0.25) is 0 Å². The molecule has 4 fully saturated rings. The molecule has 2 bridgehead atoms. The summed E-state index contributed by atoms with van der Waals surface area (Å²) in [5.74, 6) is -2.02. The van der Waals surface area contributed by atoms with Gasteiger partial charge in [-0.25, -0.2) is 0 Å². The Morgan fingerprint density at radius 3 is 2.76 bits per heavy atom. The fourth-order valence-corrected chi connectivity index (χ4v) is 6.05. The summed E-state index contributed by atoms with van der Waals surface area (Å²) in [5.41, 5.74) is -0.00255. The SMILES string of the molecule is C[C@H](O)[C@@H](NC(=O)[C@@]12C[C@H]3OC(=O)[C@@H]1N(Cc1ccccc1C=COCCO)O[C@@H]2[C@H]1OCO[C@H]13)C(=O)NCCO. The molecule has 8 atom stereocenters. The third-order valence-electron chi connectivity index (χ3n) is 7.89. The monoisotopic (exact) mass is 577 g/mol. The van der Waals surface area contributed by atoms with Crippen molar-refractivity contribution in [3.05, 3.63) is 41.7 Å². The van der Waals surface area contributed by atoms with Crippen LogP contribution in [-0.4, -0.2) is 114 Å². The number of amides is 2. The molecule has 3 heterocycles. The largest absolute Gasteiger partial charge is 0.499 e. The summed E-state index contributed by atoms with van der Waals surface area (Å²) < 4.78 is 22.6. The van der Waals surface area contributed by atoms with Crippen LogP contribution in [0.1, 0.15) is 24.5 Å². The van der Waals surface area contributed by atoms with Gasteiger partial charge in [0.2, 0.25) is 11.8 Å². The second-order valence-electron chi connectivity index (χ2n) is 10.4. The molecule has 3 saturated heterocycles. The summed E-state index contributed by atoms with van der Waals surface area (Å²) in [6.45, 7) is 1.01. The zero-order chi connectivity index (χ0) is 29.1. The van der Waals surface area contributed by atoms with E-state index in [9.17, 15) is 19.5 Å². The highest BCUT2D eigenvalue weighted by atomic mass is 16.8. The number of aliphatic hydroxyl groups excluding tert-OH is 3. The Bertz CT molecular complexity index is 1160. The van der Waals surface area contributed by atoms with E-state index in [1.807, 2.05) is 24.3 Å². The van der Waals surface area contributed by atoms with Crippen molar-refractivity contribution in [2.45, 2.75) is 62.5 Å². The predicted molar refractivity (Wildman–Crippen MR) is 138 cm³/mol. The fraction of sp³-hybridized carbons (Fsp3) is 0.593. The van der Waals surface area contributed by atoms with Crippen molar-refractivity contribution in [2.24, 2.45) is 5.41 Å². The van der Waals surface area contributed by atoms with Gasteiger partial charge in [-0.2, -0.15) is 5.06 Å². The van der Waals surface area contributed by atoms with E-state index in [1.54, 1.807) is 6.08 Å². The second kappa shape index (κ2) is 12.4. The van der Waals surface area contributed by atoms with Crippen LogP contribution in [0.3, 0.4) is 0 Å². The normalized spacial score (nSPS) is 31.8. The van der Waals surface area contributed by atoms with Crippen molar-refractivity contribution < 1.29 is 53.5 Å². The lowest BCUT2D eigenvalue weighted by Crippen LogP contribution is -2.71. The predicted octanol–water partition coefficient (Wildman–Crippen LogP) is -1.82. The standard InChI is InChI=1S/C27H35N3O11/c1-15(33)19(24(34)28-7-8-31)29-26(36)27-12-18-20-21(39-14-38-20)23(27)41-30(22(27)25(35)40-18)13-17-5-3-2-4-16(17)6-10-37-11-9-32/h2-6,10,15,18-23,31-33H,7-9,11-14H2,1H3,(H,28,34)(H,29,36)/t15-,18+,19+,20-,21-,22-,23+,27-/m0/s1. The number of nitrogens with zero attached hydrogens (tertiary/aromatic N) is 1. The van der Waals surface area contributed by atoms with Gasteiger partial charge in [-0.05, 0) is 24.1 Å². The Kier molecular flexibility index (Phi) is 8.89. The summed E-state index contributed by atoms with van der Waals surface area (Å²) >= 11 is 0. The summed E-state index contributed by atoms with van der Waals surface area (Å²) in [4.78, 5) is 46.8. The van der Waals surface area contributed by atoms with Crippen LogP contribution in [0.25, 0.3) is 6.08 Å². The van der Waals surface area contributed by atoms with Gasteiger partial charge in [0.05, 0.1) is 32.1 Å². The first-order valence-corrected chi connectivity index (χ1v) is 13.5. The van der Waals surface area contributed by atoms with Crippen molar-refractivity contribution in [1.82, 2.24) is 15.7 Å². The first kappa shape index (κ1) is 29.4. The van der Waals surface area contributed by atoms with Crippen LogP contribution in [0.15, 0.2) is 30.5 Å². The number of fused-ring (bicyclic) bond motifs is 4. The van der Waals surface area contributed by atoms with Crippen molar-refractivity contribution in [3.8, 4) is 0 Å². The second-order valence-corrected chi connectivity index (χ2v) is 10.4. The van der Waals surface area contributed by atoms with Gasteiger partial charge in [0, 0.05) is 13.0 Å². The Balaban J connectivity index is 1.47. The Labute approximate surface area is 236 Å². The summed E-state index contributed by atoms with van der Waals surface area (Å²) in [6, 6.07) is 4.80. The van der Waals surface area contributed by atoms with Crippen molar-refractivity contribution in [2.75, 3.05) is 33.2 Å². The molecule has 0 radical (unpaired) electrons. The van der Waals surface area contributed by atoms with Crippen LogP contribution < -0.4 is 10.6 Å². The van der Waals surface area contributed by atoms with Gasteiger partial charge in [-0.15, -0.1) is 0 Å². The van der Waals surface area contributed by atoms with Gasteiger partial charge in [0.15, 0.2) is 6.04 Å². The number of esters is 1. The Morgan fingerprint density at radius 2 is 2.00 bits per heavy atom. The first-order valence-electron chi connectivity index (χ1n) is 13.5. The molecule has 4 aliphatic rings. The minimum Gasteiger partial charge on any atom is -0.499 e. The van der Waals surface area contributed by atoms with Gasteiger partial charge in [-0.3, -0.25) is 19.2 Å². The van der Waals surface area contributed by atoms with Crippen LogP contribution in [0, 0.1) is 5.41 Å². The maximum atomic E-state index is 14.2. The molecule has 0 spiro atoms. The van der Waals surface area contributed by atoms with Crippen molar-refractivity contribution in [3.63, 3.8) is 0 Å². The molecule has 41 heavy (non-hydrogen) atoms. The van der Waals surface area contributed by atoms with E-state index in [4.69, 9.17) is 34.0 Å². The highest BCUT2D eigenvalue weighted by Crippen LogP contribution is 2.55. The molecule has 2 amide bonds. The maximum Gasteiger partial charge on any atom is 0.327 e. The molecule has 1 aliphatic carbocycles. The van der Waals surface area contributed by atoms with Gasteiger partial charge < -0.3 is 44.9 Å². The highest BCUT2D eigenvalue weighted by molar-refractivity contribution is 5.96. The molecule has 0 unspecified atom stereocenters. The molecule has 5 rings (SSSR count). The summed E-state index contributed by atoms with van der Waals surface area (Å²) in [6.07, 6.45) is -1.13. The van der Waals surface area contributed by atoms with Crippen LogP contribution in [0.5, 0.6) is 0 Å². The van der Waals surface area contributed by atoms with E-state index >= 15 is 0 Å². The Morgan fingerprint density at radius 1 is 1.22 bits per heavy atom. The number of nitrogens with one attached hydrogen (secondary N) is 2.